The second-order valence-electron chi connectivity index (χ2n) is 7.37. The maximum Gasteiger partial charge on any atom is 0.335 e. The number of hydrogen-bond acceptors (Lipinski definition) is 6. The number of para-hydroxylation sites is 1. The van der Waals surface area contributed by atoms with E-state index in [0.717, 1.165) is 11.1 Å². The Morgan fingerprint density at radius 2 is 1.80 bits per heavy atom. The van der Waals surface area contributed by atoms with Crippen LogP contribution >= 0.6 is 11.6 Å². The molecule has 1 heterocycles. The molecule has 11 heteroatoms. The molecule has 0 bridgehead atoms. The fraction of sp³-hybridized carbons (Fsp3) is 0.0417. The van der Waals surface area contributed by atoms with E-state index < -0.39 is 28.4 Å². The number of hydrogen-bond donors (Lipinski definition) is 2. The lowest BCUT2D eigenvalue weighted by Crippen LogP contribution is -2.35. The van der Waals surface area contributed by atoms with Gasteiger partial charge in [-0.3, -0.25) is 25.1 Å². The Kier molecular flexibility index (Phi) is 6.47. The lowest BCUT2D eigenvalue weighted by Gasteiger charge is -2.13. The molecular weight excluding hydrogens is 478 g/mol. The summed E-state index contributed by atoms with van der Waals surface area (Å²) in [4.78, 5) is 47.1. The zero-order chi connectivity index (χ0) is 25.1. The third-order valence-electron chi connectivity index (χ3n) is 5.04. The number of rotatable bonds is 7. The van der Waals surface area contributed by atoms with Gasteiger partial charge in [0.25, 0.3) is 11.8 Å². The summed E-state index contributed by atoms with van der Waals surface area (Å²) in [6.07, 6.45) is 1.22. The van der Waals surface area contributed by atoms with Gasteiger partial charge in [0.1, 0.15) is 12.2 Å². The van der Waals surface area contributed by atoms with Crippen molar-refractivity contribution in [1.82, 2.24) is 5.43 Å². The van der Waals surface area contributed by atoms with Crippen LogP contribution in [-0.4, -0.2) is 27.8 Å². The Balaban J connectivity index is 1.60. The average Bonchev–Trinajstić information content (AvgIpc) is 3.12. The van der Waals surface area contributed by atoms with Crippen molar-refractivity contribution in [3.05, 3.63) is 104 Å². The molecule has 1 aliphatic heterocycles. The highest BCUT2D eigenvalue weighted by molar-refractivity contribution is 6.33. The van der Waals surface area contributed by atoms with Crippen LogP contribution in [-0.2, 0) is 16.2 Å². The molecule has 10 nitrogen and oxygen atoms in total. The Bertz CT molecular complexity index is 1370. The lowest BCUT2D eigenvalue weighted by atomic mass is 10.1. The number of aromatic carboxylic acids is 1. The van der Waals surface area contributed by atoms with Crippen LogP contribution in [0.5, 0.6) is 5.75 Å². The molecule has 1 fully saturated rings. The van der Waals surface area contributed by atoms with Crippen LogP contribution in [0, 0.1) is 10.1 Å². The minimum atomic E-state index is -1.08. The molecule has 3 aromatic carbocycles. The van der Waals surface area contributed by atoms with Gasteiger partial charge >= 0.3 is 11.7 Å². The number of benzene rings is 3. The molecule has 3 aromatic rings. The SMILES string of the molecule is O=C1NN(c2ccccc2)C(=O)C1=Cc1cc(Cl)c(OCc2ccc(C(=O)O)cc2)c([N+](=O)[O-])c1. The highest BCUT2D eigenvalue weighted by Gasteiger charge is 2.34. The fourth-order valence-electron chi connectivity index (χ4n) is 3.34. The predicted molar refractivity (Wildman–Crippen MR) is 126 cm³/mol. The second-order valence-corrected chi connectivity index (χ2v) is 7.78. The van der Waals surface area contributed by atoms with Crippen LogP contribution < -0.4 is 15.2 Å². The standard InChI is InChI=1S/C24H16ClN3O7/c25-19-11-15(10-18-22(29)26-27(23(18)30)17-4-2-1-3-5-17)12-20(28(33)34)21(19)35-13-14-6-8-16(9-7-14)24(31)32/h1-12H,13H2,(H,26,29)(H,31,32). The van der Waals surface area contributed by atoms with Crippen molar-refractivity contribution in [2.24, 2.45) is 0 Å². The molecule has 0 spiro atoms. The molecule has 0 saturated carbocycles. The van der Waals surface area contributed by atoms with Crippen molar-refractivity contribution >= 4 is 46.8 Å². The molecule has 0 radical (unpaired) electrons. The molecule has 35 heavy (non-hydrogen) atoms. The van der Waals surface area contributed by atoms with Crippen molar-refractivity contribution < 1.29 is 29.2 Å². The summed E-state index contributed by atoms with van der Waals surface area (Å²) in [7, 11) is 0. The van der Waals surface area contributed by atoms with Gasteiger partial charge in [-0.1, -0.05) is 41.9 Å². The van der Waals surface area contributed by atoms with Crippen molar-refractivity contribution in [3.8, 4) is 5.75 Å². The summed E-state index contributed by atoms with van der Waals surface area (Å²) in [6, 6.07) is 16.8. The van der Waals surface area contributed by atoms with Gasteiger partial charge in [-0.25, -0.2) is 9.80 Å². The molecule has 1 saturated heterocycles. The van der Waals surface area contributed by atoms with Crippen molar-refractivity contribution in [2.75, 3.05) is 5.01 Å². The third-order valence-corrected chi connectivity index (χ3v) is 5.32. The summed E-state index contributed by atoms with van der Waals surface area (Å²) in [6.45, 7) is -0.103. The number of carbonyl (C=O) groups is 3. The van der Waals surface area contributed by atoms with Gasteiger partial charge in [0, 0.05) is 6.07 Å². The summed E-state index contributed by atoms with van der Waals surface area (Å²) in [5.74, 6) is -2.57. The number of nitro groups is 1. The predicted octanol–water partition coefficient (Wildman–Crippen LogP) is 3.99. The van der Waals surface area contributed by atoms with Crippen molar-refractivity contribution in [3.63, 3.8) is 0 Å². The van der Waals surface area contributed by atoms with E-state index in [1.165, 1.54) is 36.4 Å². The number of ether oxygens (including phenoxy) is 1. The highest BCUT2D eigenvalue weighted by atomic mass is 35.5. The number of carbonyl (C=O) groups excluding carboxylic acids is 2. The number of nitro benzene ring substituents is 1. The van der Waals surface area contributed by atoms with Gasteiger partial charge in [0.05, 0.1) is 21.2 Å². The first-order valence-corrected chi connectivity index (χ1v) is 10.5. The maximum atomic E-state index is 12.8. The average molecular weight is 494 g/mol. The number of hydrazine groups is 1. The minimum Gasteiger partial charge on any atom is -0.481 e. The zero-order valence-corrected chi connectivity index (χ0v) is 18.6. The molecule has 1 aliphatic rings. The summed E-state index contributed by atoms with van der Waals surface area (Å²) >= 11 is 6.26. The van der Waals surface area contributed by atoms with E-state index in [2.05, 4.69) is 5.43 Å². The third kappa shape index (κ3) is 4.97. The largest absolute Gasteiger partial charge is 0.481 e. The van der Waals surface area contributed by atoms with Crippen LogP contribution in [0.1, 0.15) is 21.5 Å². The topological polar surface area (TPSA) is 139 Å². The van der Waals surface area contributed by atoms with E-state index >= 15 is 0 Å². The maximum absolute atomic E-state index is 12.8. The number of anilines is 1. The number of carboxylic acid groups (broad SMARTS) is 1. The summed E-state index contributed by atoms with van der Waals surface area (Å²) in [5.41, 5.74) is 3.05. The lowest BCUT2D eigenvalue weighted by molar-refractivity contribution is -0.385. The Hall–Kier alpha value is -4.70. The van der Waals surface area contributed by atoms with Gasteiger partial charge in [0.2, 0.25) is 5.75 Å². The van der Waals surface area contributed by atoms with E-state index in [-0.39, 0.29) is 34.1 Å². The van der Waals surface area contributed by atoms with Crippen LogP contribution in [0.25, 0.3) is 6.08 Å². The first kappa shape index (κ1) is 23.5. The van der Waals surface area contributed by atoms with Crippen molar-refractivity contribution in [1.29, 1.82) is 0 Å². The van der Waals surface area contributed by atoms with Crippen LogP contribution in [0.15, 0.2) is 72.3 Å². The monoisotopic (exact) mass is 493 g/mol. The van der Waals surface area contributed by atoms with E-state index in [0.29, 0.717) is 11.3 Å². The normalized spacial score (nSPS) is 14.2. The van der Waals surface area contributed by atoms with Crippen LogP contribution in [0.3, 0.4) is 0 Å². The molecule has 2 N–H and O–H groups in total. The van der Waals surface area contributed by atoms with Gasteiger partial charge in [0.15, 0.2) is 0 Å². The van der Waals surface area contributed by atoms with Crippen molar-refractivity contribution in [2.45, 2.75) is 6.61 Å². The smallest absolute Gasteiger partial charge is 0.335 e. The molecule has 0 aromatic heterocycles. The van der Waals surface area contributed by atoms with E-state index in [1.54, 1.807) is 30.3 Å². The highest BCUT2D eigenvalue weighted by Crippen LogP contribution is 2.37. The fourth-order valence-corrected chi connectivity index (χ4v) is 3.62. The molecular formula is C24H16ClN3O7. The quantitative estimate of drug-likeness (QED) is 0.219. The molecule has 4 rings (SSSR count). The van der Waals surface area contributed by atoms with E-state index in [9.17, 15) is 24.5 Å². The molecule has 0 atom stereocenters. The van der Waals surface area contributed by atoms with Gasteiger partial charge in [-0.2, -0.15) is 0 Å². The minimum absolute atomic E-state index is 0.0893. The number of amides is 2. The van der Waals surface area contributed by atoms with Crippen LogP contribution in [0.2, 0.25) is 5.02 Å². The first-order valence-electron chi connectivity index (χ1n) is 10.1. The number of halogens is 1. The molecule has 176 valence electrons. The van der Waals surface area contributed by atoms with E-state index in [4.69, 9.17) is 21.4 Å². The first-order chi connectivity index (χ1) is 16.7. The Morgan fingerprint density at radius 3 is 2.43 bits per heavy atom. The second kappa shape index (κ2) is 9.65. The number of nitrogens with zero attached hydrogens (tertiary/aromatic N) is 2. The number of carboxylic acids is 1. The summed E-state index contributed by atoms with van der Waals surface area (Å²) < 4.78 is 5.56. The Labute approximate surface area is 203 Å². The van der Waals surface area contributed by atoms with E-state index in [1.807, 2.05) is 0 Å². The van der Waals surface area contributed by atoms with Gasteiger partial charge in [-0.15, -0.1) is 0 Å². The zero-order valence-electron chi connectivity index (χ0n) is 17.8. The Morgan fingerprint density at radius 1 is 1.11 bits per heavy atom. The van der Waals surface area contributed by atoms with Crippen LogP contribution in [0.4, 0.5) is 11.4 Å². The molecule has 2 amide bonds. The van der Waals surface area contributed by atoms with Gasteiger partial charge in [-0.05, 0) is 47.5 Å². The summed E-state index contributed by atoms with van der Waals surface area (Å²) in [5, 5.41) is 21.6. The molecule has 0 aliphatic carbocycles. The molecule has 0 unspecified atom stereocenters. The number of nitrogens with one attached hydrogen (secondary N) is 1. The van der Waals surface area contributed by atoms with Gasteiger partial charge < -0.3 is 9.84 Å².